The van der Waals surface area contributed by atoms with Gasteiger partial charge in [0.25, 0.3) is 0 Å². The van der Waals surface area contributed by atoms with Gasteiger partial charge in [-0.1, -0.05) is 23.2 Å². The maximum Gasteiger partial charge on any atom is 1.00 e. The van der Waals surface area contributed by atoms with Crippen molar-refractivity contribution in [3.8, 4) is 0 Å². The fourth-order valence-electron chi connectivity index (χ4n) is 1.00. The summed E-state index contributed by atoms with van der Waals surface area (Å²) in [5, 5.41) is 10.9. The van der Waals surface area contributed by atoms with Gasteiger partial charge in [0.05, 0.1) is 5.97 Å². The number of carbonyl (C=O) groups excluding carboxylic acids is 1. The zero-order chi connectivity index (χ0) is 10.2. The van der Waals surface area contributed by atoms with Gasteiger partial charge in [0, 0.05) is 20.2 Å². The molecule has 1 aliphatic rings. The van der Waals surface area contributed by atoms with Crippen LogP contribution in [0.2, 0.25) is 0 Å². The van der Waals surface area contributed by atoms with Crippen LogP contribution >= 0.6 is 23.2 Å². The van der Waals surface area contributed by atoms with Crippen molar-refractivity contribution in [1.29, 1.82) is 0 Å². The summed E-state index contributed by atoms with van der Waals surface area (Å²) in [6, 6.07) is 0. The summed E-state index contributed by atoms with van der Waals surface area (Å²) in [7, 11) is 3.23. The predicted molar refractivity (Wildman–Crippen MR) is 47.3 cm³/mol. The van der Waals surface area contributed by atoms with E-state index >= 15 is 0 Å². The zero-order valence-electron chi connectivity index (χ0n) is 7.35. The maximum absolute atomic E-state index is 10.3. The Hall–Kier alpha value is -0.130. The summed E-state index contributed by atoms with van der Waals surface area (Å²) < 4.78 is 0. The second kappa shape index (κ2) is 5.09. The normalized spacial score (nSPS) is 15.9. The van der Waals surface area contributed by atoms with Gasteiger partial charge in [-0.3, -0.25) is 0 Å². The second-order valence-electron chi connectivity index (χ2n) is 2.52. The molecule has 0 saturated carbocycles. The van der Waals surface area contributed by atoms with Crippen molar-refractivity contribution in [2.75, 3.05) is 14.1 Å². The minimum absolute atomic E-state index is 0. The summed E-state index contributed by atoms with van der Waals surface area (Å²) in [5.74, 6) is -0.917. The first-order valence-electron chi connectivity index (χ1n) is 3.40. The molecule has 0 aromatic rings. The van der Waals surface area contributed by atoms with Crippen LogP contribution in [-0.2, 0) is 27.2 Å². The van der Waals surface area contributed by atoms with Crippen molar-refractivity contribution in [2.45, 2.75) is 0 Å². The van der Waals surface area contributed by atoms with E-state index < -0.39 is 5.97 Å². The predicted octanol–water partition coefficient (Wildman–Crippen LogP) is 0.0566. The quantitative estimate of drug-likeness (QED) is 0.388. The number of carboxylic acid groups (broad SMARTS) is 1. The molecule has 0 aromatic carbocycles. The van der Waals surface area contributed by atoms with Crippen LogP contribution in [0.4, 0.5) is 0 Å². The van der Waals surface area contributed by atoms with Gasteiger partial charge in [-0.15, -0.1) is 0 Å². The van der Waals surface area contributed by atoms with Crippen LogP contribution in [0, 0.1) is 0 Å². The van der Waals surface area contributed by atoms with E-state index in [1.165, 1.54) is 9.80 Å². The molecule has 4 nitrogen and oxygen atoms in total. The van der Waals surface area contributed by atoms with Crippen LogP contribution in [0.3, 0.4) is 0 Å². The summed E-state index contributed by atoms with van der Waals surface area (Å²) in [6.45, 7) is 0. The van der Waals surface area contributed by atoms with E-state index in [1.54, 1.807) is 14.1 Å². The summed E-state index contributed by atoms with van der Waals surface area (Å²) in [4.78, 5) is 13.2. The molecule has 0 aromatic heterocycles. The van der Waals surface area contributed by atoms with Crippen molar-refractivity contribution in [2.24, 2.45) is 0 Å². The summed E-state index contributed by atoms with van der Waals surface area (Å²) in [6.07, 6.45) is 0.928. The van der Waals surface area contributed by atoms with Gasteiger partial charge in [0.15, 0.2) is 0 Å². The summed E-state index contributed by atoms with van der Waals surface area (Å²) >= 11 is 11.5. The third kappa shape index (κ3) is 2.46. The van der Waals surface area contributed by atoms with Gasteiger partial charge in [-0.25, -0.2) is 0 Å². The molecule has 14 heavy (non-hydrogen) atoms. The molecule has 0 aliphatic carbocycles. The van der Waals surface area contributed by atoms with E-state index in [4.69, 9.17) is 23.2 Å². The molecule has 0 fully saturated rings. The Kier molecular flexibility index (Phi) is 5.05. The molecule has 0 unspecified atom stereocenters. The molecule has 1 heterocycles. The fraction of sp³-hybridized carbons (Fsp3) is 0.286. The van der Waals surface area contributed by atoms with Gasteiger partial charge < -0.3 is 19.7 Å². The smallest absolute Gasteiger partial charge is 0.545 e. The molecule has 1 rings (SSSR count). The van der Waals surface area contributed by atoms with E-state index in [2.05, 4.69) is 0 Å². The molecule has 0 amide bonds. The van der Waals surface area contributed by atoms with Crippen molar-refractivity contribution in [3.63, 3.8) is 0 Å². The Bertz CT molecular complexity index is 297. The topological polar surface area (TPSA) is 46.6 Å². The molecule has 0 bridgehead atoms. The van der Waals surface area contributed by atoms with Crippen LogP contribution in [0.15, 0.2) is 22.2 Å². The largest absolute Gasteiger partial charge is 1.00 e. The Morgan fingerprint density at radius 3 is 1.93 bits per heavy atom. The van der Waals surface area contributed by atoms with Crippen molar-refractivity contribution >= 4 is 29.2 Å². The number of carbonyl (C=O) groups is 1. The molecule has 7 heteroatoms. The van der Waals surface area contributed by atoms with E-state index in [-0.39, 0.29) is 32.7 Å². The Morgan fingerprint density at radius 1 is 1.29 bits per heavy atom. The number of hydrogen-bond donors (Lipinski definition) is 0. The summed E-state index contributed by atoms with van der Waals surface area (Å²) in [5.41, 5.74) is 0. The molecule has 1 aliphatic heterocycles. The Labute approximate surface area is 107 Å². The first kappa shape index (κ1) is 13.9. The molecule has 0 saturated heterocycles. The van der Waals surface area contributed by atoms with Crippen molar-refractivity contribution in [3.05, 3.63) is 22.2 Å². The molecular weight excluding hydrogens is 323 g/mol. The van der Waals surface area contributed by atoms with Crippen LogP contribution in [-0.4, -0.2) is 29.9 Å². The molecule has 0 N–H and O–H groups in total. The van der Waals surface area contributed by atoms with Gasteiger partial charge in [0.1, 0.15) is 16.1 Å². The number of nitrogens with zero attached hydrogens (tertiary/aromatic N) is 2. The molecule has 0 atom stereocenters. The van der Waals surface area contributed by atoms with Crippen molar-refractivity contribution < 1.29 is 32.3 Å². The first-order chi connectivity index (χ1) is 5.95. The minimum Gasteiger partial charge on any atom is -0.545 e. The van der Waals surface area contributed by atoms with E-state index in [0.29, 0.717) is 5.82 Å². The Morgan fingerprint density at radius 2 is 1.64 bits per heavy atom. The third-order valence-corrected chi connectivity index (χ3v) is 2.66. The SMILES string of the molecule is CN1C(=CC(=O)[O-])N(C)C(Cl)=C1Cl.[Ag+]. The van der Waals surface area contributed by atoms with Crippen LogP contribution < -0.4 is 5.11 Å². The number of rotatable bonds is 1. The number of hydrogen-bond acceptors (Lipinski definition) is 4. The van der Waals surface area contributed by atoms with Gasteiger partial charge in [-0.2, -0.15) is 0 Å². The molecular formula is C7H7AgCl2N2O2. The first-order valence-corrected chi connectivity index (χ1v) is 4.16. The average molecular weight is 330 g/mol. The van der Waals surface area contributed by atoms with Crippen LogP contribution in [0.25, 0.3) is 0 Å². The second-order valence-corrected chi connectivity index (χ2v) is 3.24. The minimum atomic E-state index is -1.29. The van der Waals surface area contributed by atoms with E-state index in [1.807, 2.05) is 0 Å². The fourth-order valence-corrected chi connectivity index (χ4v) is 1.43. The van der Waals surface area contributed by atoms with Gasteiger partial charge in [0.2, 0.25) is 0 Å². The number of halogens is 2. The van der Waals surface area contributed by atoms with Crippen molar-refractivity contribution in [1.82, 2.24) is 9.80 Å². The standard InChI is InChI=1S/C7H8Cl2N2O2.Ag/c1-10-4(3-5(12)13)11(2)7(9)6(10)8;/h3H,1-2H3,(H,12,13);/q;+1/p-1. The van der Waals surface area contributed by atoms with Gasteiger partial charge >= 0.3 is 22.4 Å². The van der Waals surface area contributed by atoms with Crippen LogP contribution in [0.5, 0.6) is 0 Å². The third-order valence-electron chi connectivity index (χ3n) is 1.69. The van der Waals surface area contributed by atoms with Crippen LogP contribution in [0.1, 0.15) is 0 Å². The number of aliphatic carboxylic acids is 1. The Balaban J connectivity index is 0.00000169. The average Bonchev–Trinajstić information content (AvgIpc) is 2.22. The van der Waals surface area contributed by atoms with Gasteiger partial charge in [-0.05, 0) is 0 Å². The molecule has 0 radical (unpaired) electrons. The molecule has 82 valence electrons. The monoisotopic (exact) mass is 328 g/mol. The zero-order valence-corrected chi connectivity index (χ0v) is 10.3. The van der Waals surface area contributed by atoms with E-state index in [0.717, 1.165) is 6.08 Å². The maximum atomic E-state index is 10.3. The molecule has 0 spiro atoms. The number of carboxylic acids is 1. The van der Waals surface area contributed by atoms with E-state index in [9.17, 15) is 9.90 Å².